The van der Waals surface area contributed by atoms with Gasteiger partial charge in [-0.05, 0) is 14.1 Å². The summed E-state index contributed by atoms with van der Waals surface area (Å²) >= 11 is 0. The van der Waals surface area contributed by atoms with E-state index in [0.717, 1.165) is 7.11 Å². The minimum Gasteiger partial charge on any atom is -0.400 e. The van der Waals surface area contributed by atoms with Crippen molar-refractivity contribution in [3.8, 4) is 0 Å². The van der Waals surface area contributed by atoms with E-state index < -0.39 is 5.91 Å². The molecule has 7 nitrogen and oxygen atoms in total. The number of carbonyl (C=O) groups excluding carboxylic acids is 1. The van der Waals surface area contributed by atoms with Gasteiger partial charge in [-0.1, -0.05) is 0 Å². The van der Waals surface area contributed by atoms with E-state index in [1.54, 1.807) is 7.05 Å². The molecule has 78 valence electrons. The summed E-state index contributed by atoms with van der Waals surface area (Å²) < 4.78 is 0. The monoisotopic (exact) mass is 184 g/mol. The zero-order valence-electron chi connectivity index (χ0n) is 7.96. The van der Waals surface area contributed by atoms with Crippen LogP contribution in [0, 0.1) is 0 Å². The van der Waals surface area contributed by atoms with Gasteiger partial charge in [0.2, 0.25) is 5.91 Å². The highest BCUT2D eigenvalue weighted by Crippen LogP contribution is 1.44. The molecule has 0 aliphatic heterocycles. The van der Waals surface area contributed by atoms with Crippen molar-refractivity contribution in [1.82, 2.24) is 10.9 Å². The average Bonchev–Trinajstić information content (AvgIpc) is 2.13. The van der Waals surface area contributed by atoms with Gasteiger partial charge in [-0.2, -0.15) is 0 Å². The van der Waals surface area contributed by atoms with Crippen LogP contribution in [0.25, 0.3) is 0 Å². The van der Waals surface area contributed by atoms with E-state index >= 15 is 0 Å². The molecule has 0 aromatic rings. The van der Waals surface area contributed by atoms with Crippen LogP contribution in [0.3, 0.4) is 0 Å². The highest BCUT2D eigenvalue weighted by molar-refractivity contribution is 5.71. The average molecular weight is 184 g/mol. The van der Waals surface area contributed by atoms with Gasteiger partial charge in [0.1, 0.15) is 0 Å². The van der Waals surface area contributed by atoms with Gasteiger partial charge in [0.25, 0.3) is 0 Å². The van der Waals surface area contributed by atoms with E-state index in [9.17, 15) is 4.79 Å². The molecule has 0 heterocycles. The number of nitrogens with two attached hydrogens (primary N) is 2. The largest absolute Gasteiger partial charge is 0.400 e. The first kappa shape index (κ1) is 22.5. The normalized spacial score (nSPS) is 5.33. The predicted molar refractivity (Wildman–Crippen MR) is 47.1 cm³/mol. The van der Waals surface area contributed by atoms with Crippen molar-refractivity contribution >= 4 is 5.91 Å². The number of amides is 1. The number of hydroxylamine groups is 1. The number of hydrogen-bond acceptors (Lipinski definition) is 6. The Morgan fingerprint density at radius 2 is 1.42 bits per heavy atom. The van der Waals surface area contributed by atoms with Crippen LogP contribution in [0.5, 0.6) is 0 Å². The molecule has 0 rings (SSSR count). The smallest absolute Gasteiger partial charge is 0.240 e. The Balaban J connectivity index is -0.0000000397. The second kappa shape index (κ2) is 48.4. The van der Waals surface area contributed by atoms with Crippen LogP contribution in [-0.4, -0.2) is 37.4 Å². The van der Waals surface area contributed by atoms with Crippen LogP contribution in [0.15, 0.2) is 0 Å². The lowest BCUT2D eigenvalue weighted by Gasteiger charge is -1.78. The predicted octanol–water partition coefficient (Wildman–Crippen LogP) is -2.23. The van der Waals surface area contributed by atoms with Crippen molar-refractivity contribution in [2.45, 2.75) is 6.92 Å². The van der Waals surface area contributed by atoms with Crippen molar-refractivity contribution in [2.24, 2.45) is 11.6 Å². The summed E-state index contributed by atoms with van der Waals surface area (Å²) in [5.74, 6) is 4.16. The summed E-state index contributed by atoms with van der Waals surface area (Å²) in [4.78, 5) is 9.45. The third-order valence-corrected chi connectivity index (χ3v) is 0.157. The lowest BCUT2D eigenvalue weighted by molar-refractivity contribution is -0.126. The first-order valence-corrected chi connectivity index (χ1v) is 2.99. The van der Waals surface area contributed by atoms with Gasteiger partial charge >= 0.3 is 0 Å². The lowest BCUT2D eigenvalue weighted by atomic mass is 10.8. The second-order valence-electron chi connectivity index (χ2n) is 0.957. The number of carbonyl (C=O) groups is 1. The molecule has 12 heavy (non-hydrogen) atoms. The molecule has 0 saturated heterocycles. The van der Waals surface area contributed by atoms with Gasteiger partial charge < -0.3 is 10.8 Å². The summed E-state index contributed by atoms with van der Waals surface area (Å²) in [5.41, 5.74) is 8.14. The van der Waals surface area contributed by atoms with Gasteiger partial charge in [0, 0.05) is 14.0 Å². The minimum atomic E-state index is -0.440. The van der Waals surface area contributed by atoms with Gasteiger partial charge in [0.05, 0.1) is 0 Å². The first-order valence-electron chi connectivity index (χ1n) is 2.99. The Morgan fingerprint density at radius 3 is 1.42 bits per heavy atom. The van der Waals surface area contributed by atoms with Crippen molar-refractivity contribution in [1.29, 1.82) is 0 Å². The van der Waals surface area contributed by atoms with E-state index in [1.165, 1.54) is 19.5 Å². The molecule has 0 atom stereocenters. The molecule has 8 N–H and O–H groups in total. The Hall–Kier alpha value is -0.730. The molecular weight excluding hydrogens is 164 g/mol. The standard InChI is InChI=1S/C2H5NO2.CH6N2.CH5N.CH4O/c1-2(4)3-5;1-3-2;2*1-2/h5H,1H3,(H,3,4);3H,2H2,1H3;2H2,1H3;2H,1H3. The quantitative estimate of drug-likeness (QED) is 0.143. The Bertz CT molecular complexity index is 62.7. The lowest BCUT2D eigenvalue weighted by Crippen LogP contribution is -2.13. The van der Waals surface area contributed by atoms with Gasteiger partial charge in [-0.3, -0.25) is 21.3 Å². The molecule has 0 aromatic carbocycles. The van der Waals surface area contributed by atoms with Gasteiger partial charge in [-0.25, -0.2) is 5.48 Å². The number of hydrazine groups is 1. The molecule has 0 saturated carbocycles. The van der Waals surface area contributed by atoms with Gasteiger partial charge in [-0.15, -0.1) is 0 Å². The van der Waals surface area contributed by atoms with Crippen LogP contribution < -0.4 is 22.5 Å². The van der Waals surface area contributed by atoms with E-state index in [2.05, 4.69) is 17.0 Å². The van der Waals surface area contributed by atoms with Crippen LogP contribution in [-0.2, 0) is 4.79 Å². The fraction of sp³-hybridized carbons (Fsp3) is 0.800. The zero-order chi connectivity index (χ0) is 11.0. The molecule has 7 heteroatoms. The minimum absolute atomic E-state index is 0.440. The van der Waals surface area contributed by atoms with Crippen molar-refractivity contribution in [3.05, 3.63) is 0 Å². The zero-order valence-corrected chi connectivity index (χ0v) is 7.96. The third-order valence-electron chi connectivity index (χ3n) is 0.157. The van der Waals surface area contributed by atoms with Crippen molar-refractivity contribution < 1.29 is 15.1 Å². The van der Waals surface area contributed by atoms with Crippen molar-refractivity contribution in [2.75, 3.05) is 21.2 Å². The second-order valence-corrected chi connectivity index (χ2v) is 0.957. The maximum atomic E-state index is 9.45. The highest BCUT2D eigenvalue weighted by atomic mass is 16.5. The Labute approximate surface area is 72.7 Å². The van der Waals surface area contributed by atoms with E-state index in [1.807, 2.05) is 0 Å². The number of hydrogen-bond donors (Lipinski definition) is 6. The third kappa shape index (κ3) is 393. The number of aliphatic hydroxyl groups is 1. The number of nitrogens with one attached hydrogen (secondary N) is 2. The molecule has 0 radical (unpaired) electrons. The molecule has 1 amide bonds. The van der Waals surface area contributed by atoms with E-state index in [-0.39, 0.29) is 0 Å². The van der Waals surface area contributed by atoms with Crippen LogP contribution >= 0.6 is 0 Å². The summed E-state index contributed by atoms with van der Waals surface area (Å²) in [5, 5.41) is 14.5. The summed E-state index contributed by atoms with van der Waals surface area (Å²) in [6.45, 7) is 1.22. The molecular formula is C5H20N4O3. The first-order chi connectivity index (χ1) is 5.68. The number of rotatable bonds is 0. The molecule has 0 unspecified atom stereocenters. The SMILES string of the molecule is CC(=O)NO.CN.CNN.CO. The summed E-state index contributed by atoms with van der Waals surface area (Å²) in [7, 11) is 4.15. The summed E-state index contributed by atoms with van der Waals surface area (Å²) in [6.07, 6.45) is 0. The Morgan fingerprint density at radius 1 is 1.33 bits per heavy atom. The molecule has 0 fully saturated rings. The molecule has 0 aliphatic rings. The maximum Gasteiger partial charge on any atom is 0.240 e. The fourth-order valence-corrected chi connectivity index (χ4v) is 0. The van der Waals surface area contributed by atoms with Crippen molar-refractivity contribution in [3.63, 3.8) is 0 Å². The van der Waals surface area contributed by atoms with Crippen LogP contribution in [0.4, 0.5) is 0 Å². The molecule has 0 spiro atoms. The molecule has 0 aromatic heterocycles. The Kier molecular flexibility index (Phi) is 90.7. The van der Waals surface area contributed by atoms with E-state index in [4.69, 9.17) is 10.3 Å². The van der Waals surface area contributed by atoms with Crippen LogP contribution in [0.2, 0.25) is 0 Å². The fourth-order valence-electron chi connectivity index (χ4n) is 0. The molecule has 0 aliphatic carbocycles. The maximum absolute atomic E-state index is 9.45. The van der Waals surface area contributed by atoms with E-state index in [0.29, 0.717) is 0 Å². The van der Waals surface area contributed by atoms with Gasteiger partial charge in [0.15, 0.2) is 0 Å². The highest BCUT2D eigenvalue weighted by Gasteiger charge is 1.74. The topological polar surface area (TPSA) is 134 Å². The molecule has 0 bridgehead atoms. The van der Waals surface area contributed by atoms with Crippen LogP contribution in [0.1, 0.15) is 6.92 Å². The number of aliphatic hydroxyl groups excluding tert-OH is 1. The summed E-state index contributed by atoms with van der Waals surface area (Å²) in [6, 6.07) is 0.